The Hall–Kier alpha value is -6.38. The van der Waals surface area contributed by atoms with Crippen LogP contribution in [0.5, 0.6) is 0 Å². The lowest BCUT2D eigenvalue weighted by molar-refractivity contribution is 0.956. The molecule has 1 unspecified atom stereocenters. The summed E-state index contributed by atoms with van der Waals surface area (Å²) < 4.78 is 2.40. The molecule has 0 aliphatic heterocycles. The van der Waals surface area contributed by atoms with E-state index in [1.54, 1.807) is 0 Å². The summed E-state index contributed by atoms with van der Waals surface area (Å²) in [6.45, 7) is 2.33. The van der Waals surface area contributed by atoms with Crippen LogP contribution in [0.2, 0.25) is 0 Å². The van der Waals surface area contributed by atoms with Gasteiger partial charge < -0.3 is 9.47 Å². The number of fused-ring (bicyclic) bond motifs is 8. The molecule has 1 heterocycles. The van der Waals surface area contributed by atoms with Crippen molar-refractivity contribution in [1.82, 2.24) is 4.57 Å². The van der Waals surface area contributed by atoms with Gasteiger partial charge in [0, 0.05) is 39.4 Å². The van der Waals surface area contributed by atoms with E-state index in [-0.39, 0.29) is 0 Å². The molecule has 0 fully saturated rings. The second-order valence-electron chi connectivity index (χ2n) is 13.4. The van der Waals surface area contributed by atoms with Gasteiger partial charge in [-0.3, -0.25) is 0 Å². The van der Waals surface area contributed by atoms with Crippen LogP contribution in [0.4, 0.5) is 17.1 Å². The van der Waals surface area contributed by atoms with Gasteiger partial charge in [-0.25, -0.2) is 0 Å². The van der Waals surface area contributed by atoms with Crippen molar-refractivity contribution in [3.63, 3.8) is 0 Å². The molecule has 0 amide bonds. The second kappa shape index (κ2) is 11.4. The highest BCUT2D eigenvalue weighted by Crippen LogP contribution is 2.47. The first-order chi connectivity index (χ1) is 24.7. The zero-order valence-corrected chi connectivity index (χ0v) is 27.8. The molecule has 0 bridgehead atoms. The number of rotatable bonds is 5. The molecule has 1 aliphatic rings. The third-order valence-corrected chi connectivity index (χ3v) is 10.6. The topological polar surface area (TPSA) is 8.17 Å². The smallest absolute Gasteiger partial charge is 0.0547 e. The Morgan fingerprint density at radius 1 is 0.440 bits per heavy atom. The number of benzene rings is 8. The molecular formula is C48H34N2. The summed E-state index contributed by atoms with van der Waals surface area (Å²) in [7, 11) is 0. The van der Waals surface area contributed by atoms with Crippen LogP contribution in [0.3, 0.4) is 0 Å². The first kappa shape index (κ1) is 28.6. The van der Waals surface area contributed by atoms with Gasteiger partial charge in [0.25, 0.3) is 0 Å². The molecule has 2 nitrogen and oxygen atoms in total. The van der Waals surface area contributed by atoms with E-state index in [4.69, 9.17) is 0 Å². The van der Waals surface area contributed by atoms with E-state index in [1.807, 2.05) is 0 Å². The molecule has 1 aromatic heterocycles. The number of hydrogen-bond donors (Lipinski definition) is 0. The number of hydrogen-bond acceptors (Lipinski definition) is 1. The van der Waals surface area contributed by atoms with Crippen molar-refractivity contribution in [2.75, 3.05) is 4.90 Å². The van der Waals surface area contributed by atoms with Crippen LogP contribution in [0.15, 0.2) is 182 Å². The minimum atomic E-state index is 0.362. The van der Waals surface area contributed by atoms with E-state index < -0.39 is 0 Å². The number of aromatic nitrogens is 1. The molecule has 50 heavy (non-hydrogen) atoms. The van der Waals surface area contributed by atoms with E-state index >= 15 is 0 Å². The summed E-state index contributed by atoms with van der Waals surface area (Å²) >= 11 is 0. The molecule has 1 aliphatic carbocycles. The standard InChI is InChI=1S/C48H34N2/c1-32-40-17-10-11-19-42(40)43-27-26-39(31-44(32)43)49(36-13-4-2-5-14-36)38-24-20-33(21-25-38)35-23-28-46-45(30-35)48-41-18-9-8-12-34(41)22-29-47(48)50(46)37-15-6-3-7-16-37/h2-32H,1H3. The highest BCUT2D eigenvalue weighted by atomic mass is 15.1. The minimum Gasteiger partial charge on any atom is -0.310 e. The van der Waals surface area contributed by atoms with Gasteiger partial charge >= 0.3 is 0 Å². The molecule has 1 atom stereocenters. The molecule has 2 heteroatoms. The maximum atomic E-state index is 2.40. The van der Waals surface area contributed by atoms with Gasteiger partial charge in [0.05, 0.1) is 11.0 Å². The Kier molecular flexibility index (Phi) is 6.50. The monoisotopic (exact) mass is 638 g/mol. The Morgan fingerprint density at radius 2 is 1.08 bits per heavy atom. The molecule has 0 saturated heterocycles. The van der Waals surface area contributed by atoms with Crippen molar-refractivity contribution in [3.8, 4) is 27.9 Å². The van der Waals surface area contributed by atoms with Gasteiger partial charge in [-0.1, -0.05) is 122 Å². The summed E-state index contributed by atoms with van der Waals surface area (Å²) in [4.78, 5) is 2.38. The minimum absolute atomic E-state index is 0.362. The van der Waals surface area contributed by atoms with Crippen LogP contribution in [0.25, 0.3) is 60.5 Å². The summed E-state index contributed by atoms with van der Waals surface area (Å²) in [5.41, 5.74) is 15.0. The third kappa shape index (κ3) is 4.42. The van der Waals surface area contributed by atoms with Gasteiger partial charge in [-0.05, 0) is 111 Å². The Bertz CT molecular complexity index is 2700. The summed E-state index contributed by atoms with van der Waals surface area (Å²) in [5, 5.41) is 5.10. The number of nitrogens with zero attached hydrogens (tertiary/aromatic N) is 2. The van der Waals surface area contributed by atoms with Gasteiger partial charge in [0.1, 0.15) is 0 Å². The summed E-state index contributed by atoms with van der Waals surface area (Å²) in [6, 6.07) is 66.5. The summed E-state index contributed by atoms with van der Waals surface area (Å²) in [5.74, 6) is 0.362. The molecule has 9 aromatic rings. The molecule has 10 rings (SSSR count). The summed E-state index contributed by atoms with van der Waals surface area (Å²) in [6.07, 6.45) is 0. The maximum Gasteiger partial charge on any atom is 0.0547 e. The second-order valence-corrected chi connectivity index (χ2v) is 13.4. The normalized spacial score (nSPS) is 13.5. The molecule has 0 N–H and O–H groups in total. The first-order valence-corrected chi connectivity index (χ1v) is 17.4. The predicted octanol–water partition coefficient (Wildman–Crippen LogP) is 13.2. The van der Waals surface area contributed by atoms with E-state index in [1.165, 1.54) is 77.3 Å². The van der Waals surface area contributed by atoms with E-state index in [9.17, 15) is 0 Å². The fourth-order valence-electron chi connectivity index (χ4n) is 8.23. The fourth-order valence-corrected chi connectivity index (χ4v) is 8.23. The van der Waals surface area contributed by atoms with Crippen molar-refractivity contribution in [3.05, 3.63) is 193 Å². The van der Waals surface area contributed by atoms with Crippen LogP contribution in [-0.4, -0.2) is 4.57 Å². The number of anilines is 3. The van der Waals surface area contributed by atoms with Crippen molar-refractivity contribution in [1.29, 1.82) is 0 Å². The average Bonchev–Trinajstić information content (AvgIpc) is 3.67. The highest BCUT2D eigenvalue weighted by molar-refractivity contribution is 6.21. The lowest BCUT2D eigenvalue weighted by Gasteiger charge is -2.26. The van der Waals surface area contributed by atoms with Gasteiger partial charge in [0.2, 0.25) is 0 Å². The van der Waals surface area contributed by atoms with Gasteiger partial charge in [0.15, 0.2) is 0 Å². The quantitative estimate of drug-likeness (QED) is 0.182. The van der Waals surface area contributed by atoms with Gasteiger partial charge in [-0.15, -0.1) is 0 Å². The molecular weight excluding hydrogens is 605 g/mol. The predicted molar refractivity (Wildman–Crippen MR) is 211 cm³/mol. The first-order valence-electron chi connectivity index (χ1n) is 17.4. The van der Waals surface area contributed by atoms with Crippen LogP contribution in [0, 0.1) is 0 Å². The Labute approximate surface area is 292 Å². The molecule has 0 saturated carbocycles. The lowest BCUT2D eigenvalue weighted by atomic mass is 9.98. The third-order valence-electron chi connectivity index (χ3n) is 10.6. The Balaban J connectivity index is 1.09. The van der Waals surface area contributed by atoms with Gasteiger partial charge in [-0.2, -0.15) is 0 Å². The van der Waals surface area contributed by atoms with Crippen molar-refractivity contribution in [2.24, 2.45) is 0 Å². The number of para-hydroxylation sites is 2. The van der Waals surface area contributed by atoms with Crippen molar-refractivity contribution in [2.45, 2.75) is 12.8 Å². The van der Waals surface area contributed by atoms with E-state index in [0.717, 1.165) is 11.4 Å². The Morgan fingerprint density at radius 3 is 1.92 bits per heavy atom. The van der Waals surface area contributed by atoms with Crippen molar-refractivity contribution < 1.29 is 0 Å². The molecule has 0 radical (unpaired) electrons. The molecule has 8 aromatic carbocycles. The van der Waals surface area contributed by atoms with E-state index in [2.05, 4.69) is 198 Å². The van der Waals surface area contributed by atoms with E-state index in [0.29, 0.717) is 5.92 Å². The molecule has 236 valence electrons. The highest BCUT2D eigenvalue weighted by Gasteiger charge is 2.26. The SMILES string of the molecule is CC1c2ccccc2-c2ccc(N(c3ccccc3)c3ccc(-c4ccc5c(c4)c4c6ccccc6ccc4n5-c4ccccc4)cc3)cc21. The van der Waals surface area contributed by atoms with Crippen LogP contribution >= 0.6 is 0 Å². The fraction of sp³-hybridized carbons (Fsp3) is 0.0417. The lowest BCUT2D eigenvalue weighted by Crippen LogP contribution is -2.10. The van der Waals surface area contributed by atoms with Crippen LogP contribution < -0.4 is 4.90 Å². The van der Waals surface area contributed by atoms with Crippen LogP contribution in [-0.2, 0) is 0 Å². The average molecular weight is 639 g/mol. The maximum absolute atomic E-state index is 2.40. The zero-order valence-electron chi connectivity index (χ0n) is 27.8. The molecule has 0 spiro atoms. The largest absolute Gasteiger partial charge is 0.310 e. The van der Waals surface area contributed by atoms with Crippen molar-refractivity contribution >= 4 is 49.6 Å². The van der Waals surface area contributed by atoms with Crippen LogP contribution in [0.1, 0.15) is 24.0 Å². The zero-order chi connectivity index (χ0) is 33.2.